The van der Waals surface area contributed by atoms with Crippen molar-refractivity contribution in [2.75, 3.05) is 0 Å². The molecule has 1 rings (SSSR count). The zero-order chi connectivity index (χ0) is 10.2. The zero-order valence-electron chi connectivity index (χ0n) is 5.90. The smallest absolute Gasteiger partial charge is 0.374 e. The quantitative estimate of drug-likeness (QED) is 0.501. The van der Waals surface area contributed by atoms with E-state index in [9.17, 15) is 19.2 Å². The lowest BCUT2D eigenvalue weighted by molar-refractivity contribution is -0.635. The first-order valence-electron chi connectivity index (χ1n) is 2.91. The van der Waals surface area contributed by atoms with Crippen LogP contribution in [0.5, 0.6) is 11.5 Å². The molecule has 0 saturated heterocycles. The van der Waals surface area contributed by atoms with E-state index < -0.39 is 33.2 Å². The first-order valence-corrected chi connectivity index (χ1v) is 3.24. The van der Waals surface area contributed by atoms with Crippen molar-refractivity contribution in [2.45, 2.75) is 0 Å². The number of halogens is 1. The van der Waals surface area contributed by atoms with Crippen molar-refractivity contribution in [1.82, 2.24) is 0 Å². The van der Waals surface area contributed by atoms with Crippen LogP contribution >= 0.6 is 0 Å². The van der Waals surface area contributed by atoms with Crippen molar-refractivity contribution in [3.63, 3.8) is 0 Å². The van der Waals surface area contributed by atoms with Gasteiger partial charge in [-0.2, -0.15) is 0 Å². The summed E-state index contributed by atoms with van der Waals surface area (Å²) in [5.41, 5.74) is -6.03. The maximum Gasteiger partial charge on any atom is 0.374 e. The summed E-state index contributed by atoms with van der Waals surface area (Å²) >= 11 is 3.92. The van der Waals surface area contributed by atoms with Crippen LogP contribution in [0.1, 0.15) is 0 Å². The zero-order valence-corrected chi connectivity index (χ0v) is 6.71. The minimum Gasteiger partial charge on any atom is -0.501 e. The molecule has 0 atom stereocenters. The molecule has 13 heavy (non-hydrogen) atoms. The molecule has 0 aliphatic heterocycles. The normalized spacial score (nSPS) is 9.92. The predicted octanol–water partition coefficient (Wildman–Crippen LogP) is -2.72. The topological polar surface area (TPSA) is 97.7 Å². The number of rotatable bonds is 1. The summed E-state index contributed by atoms with van der Waals surface area (Å²) in [5, 5.41) is 8.84. The number of benzene rings is 1. The molecule has 0 fully saturated rings. The van der Waals surface area contributed by atoms with E-state index in [1.54, 1.807) is 0 Å². The second-order valence-corrected chi connectivity index (χ2v) is 2.24. The summed E-state index contributed by atoms with van der Waals surface area (Å²) in [6.45, 7) is 0. The SMILES string of the molecule is O=c1c(O)c(O[ClH+])c(=O)c(=O)c1=O. The summed E-state index contributed by atoms with van der Waals surface area (Å²) in [7, 11) is 0. The van der Waals surface area contributed by atoms with Crippen molar-refractivity contribution >= 4 is 0 Å². The second-order valence-electron chi connectivity index (χ2n) is 2.08. The second kappa shape index (κ2) is 2.98. The first-order chi connectivity index (χ1) is 6.00. The van der Waals surface area contributed by atoms with E-state index >= 15 is 0 Å². The average Bonchev–Trinajstić information content (AvgIpc) is 2.13. The van der Waals surface area contributed by atoms with Gasteiger partial charge in [-0.3, -0.25) is 19.2 Å². The van der Waals surface area contributed by atoms with Gasteiger partial charge < -0.3 is 5.11 Å². The minimum atomic E-state index is -1.58. The summed E-state index contributed by atoms with van der Waals surface area (Å²) in [4.78, 5) is 42.7. The van der Waals surface area contributed by atoms with Crippen molar-refractivity contribution in [3.8, 4) is 11.5 Å². The number of hydrogen-bond donors (Lipinski definition) is 1. The molecule has 0 aromatic heterocycles. The number of phenols is 1. The van der Waals surface area contributed by atoms with E-state index in [1.165, 1.54) is 0 Å². The highest BCUT2D eigenvalue weighted by atomic mass is 35.5. The van der Waals surface area contributed by atoms with Crippen molar-refractivity contribution in [2.24, 2.45) is 0 Å². The summed E-state index contributed by atoms with van der Waals surface area (Å²) in [6, 6.07) is 0. The molecule has 0 bridgehead atoms. The third-order valence-corrected chi connectivity index (χ3v) is 1.51. The molecule has 0 radical (unpaired) electrons. The fourth-order valence-electron chi connectivity index (χ4n) is 0.705. The monoisotopic (exact) mass is 205 g/mol. The molecule has 0 saturated carbocycles. The van der Waals surface area contributed by atoms with Crippen molar-refractivity contribution in [1.29, 1.82) is 0 Å². The Labute approximate surface area is 74.5 Å². The Balaban J connectivity index is 4.02. The van der Waals surface area contributed by atoms with Gasteiger partial charge in [-0.05, 0) is 0 Å². The minimum absolute atomic E-state index is 0.968. The Morgan fingerprint density at radius 1 is 0.923 bits per heavy atom. The van der Waals surface area contributed by atoms with E-state index in [0.29, 0.717) is 0 Å². The average molecular weight is 206 g/mol. The molecular formula is C6H2ClO6+. The van der Waals surface area contributed by atoms with Crippen LogP contribution in [0.4, 0.5) is 0 Å². The highest BCUT2D eigenvalue weighted by Gasteiger charge is 2.21. The van der Waals surface area contributed by atoms with Gasteiger partial charge in [0.15, 0.2) is 0 Å². The maximum atomic E-state index is 10.8. The van der Waals surface area contributed by atoms with E-state index in [2.05, 4.69) is 16.2 Å². The Bertz CT molecular complexity index is 538. The van der Waals surface area contributed by atoms with E-state index in [1.807, 2.05) is 0 Å². The van der Waals surface area contributed by atoms with E-state index in [-0.39, 0.29) is 0 Å². The number of aromatic hydroxyl groups is 1. The standard InChI is InChI=1S/C6HClO6/c7-13-6-4(11)2(9)1(8)3(10)5(6)12/h7H/p+1. The van der Waals surface area contributed by atoms with Crippen LogP contribution in [0, 0.1) is 11.9 Å². The van der Waals surface area contributed by atoms with Gasteiger partial charge in [0.1, 0.15) is 0 Å². The highest BCUT2D eigenvalue weighted by molar-refractivity contribution is 5.37. The third kappa shape index (κ3) is 1.20. The molecule has 0 amide bonds. The van der Waals surface area contributed by atoms with Crippen LogP contribution in [0.15, 0.2) is 19.2 Å². The molecule has 0 aliphatic rings. The summed E-state index contributed by atoms with van der Waals surface area (Å²) in [6.07, 6.45) is 0. The van der Waals surface area contributed by atoms with Gasteiger partial charge >= 0.3 is 11.9 Å². The molecule has 7 heteroatoms. The van der Waals surface area contributed by atoms with Crippen LogP contribution in [-0.2, 0) is 0 Å². The lowest BCUT2D eigenvalue weighted by atomic mass is 10.3. The van der Waals surface area contributed by atoms with E-state index in [4.69, 9.17) is 5.11 Å². The van der Waals surface area contributed by atoms with Crippen LogP contribution in [0.25, 0.3) is 0 Å². The lowest BCUT2D eigenvalue weighted by Crippen LogP contribution is -2.46. The van der Waals surface area contributed by atoms with Crippen LogP contribution < -0.4 is 26.0 Å². The Hall–Kier alpha value is -1.69. The fraction of sp³-hybridized carbons (Fsp3) is 0. The molecule has 1 N–H and O–H groups in total. The van der Waals surface area contributed by atoms with Gasteiger partial charge in [0.25, 0.3) is 27.5 Å². The third-order valence-electron chi connectivity index (χ3n) is 1.34. The first kappa shape index (κ1) is 9.40. The molecule has 0 heterocycles. The Morgan fingerprint density at radius 3 is 1.85 bits per heavy atom. The molecule has 6 nitrogen and oxygen atoms in total. The Kier molecular flexibility index (Phi) is 2.16. The summed E-state index contributed by atoms with van der Waals surface area (Å²) < 4.78 is 3.87. The molecule has 0 spiro atoms. The van der Waals surface area contributed by atoms with Gasteiger partial charge in [0, 0.05) is 0 Å². The van der Waals surface area contributed by atoms with Crippen molar-refractivity contribution < 1.29 is 21.3 Å². The van der Waals surface area contributed by atoms with Crippen LogP contribution in [0.2, 0.25) is 0 Å². The number of phenolic OH excluding ortho intramolecular Hbond substituents is 1. The van der Waals surface area contributed by atoms with Gasteiger partial charge in [-0.15, -0.1) is 0 Å². The molecule has 68 valence electrons. The highest BCUT2D eigenvalue weighted by Crippen LogP contribution is 2.11. The van der Waals surface area contributed by atoms with Crippen molar-refractivity contribution in [3.05, 3.63) is 40.9 Å². The molecule has 1 aromatic carbocycles. The van der Waals surface area contributed by atoms with Gasteiger partial charge in [-0.25, -0.2) is 4.29 Å². The van der Waals surface area contributed by atoms with Crippen LogP contribution in [-0.4, -0.2) is 5.11 Å². The molecule has 0 unspecified atom stereocenters. The fourth-order valence-corrected chi connectivity index (χ4v) is 0.859. The maximum absolute atomic E-state index is 10.8. The molecular weight excluding hydrogens is 204 g/mol. The molecule has 1 aromatic rings. The predicted molar refractivity (Wildman–Crippen MR) is 37.6 cm³/mol. The van der Waals surface area contributed by atoms with Gasteiger partial charge in [0.05, 0.1) is 0 Å². The number of hydrogen-bond acceptors (Lipinski definition) is 6. The Morgan fingerprint density at radius 2 is 1.38 bits per heavy atom. The van der Waals surface area contributed by atoms with Gasteiger partial charge in [-0.1, -0.05) is 0 Å². The summed E-state index contributed by atoms with van der Waals surface area (Å²) in [5.74, 6) is -2.19. The van der Waals surface area contributed by atoms with Crippen LogP contribution in [0.3, 0.4) is 0 Å². The van der Waals surface area contributed by atoms with E-state index in [0.717, 1.165) is 0 Å². The molecule has 0 aliphatic carbocycles. The lowest BCUT2D eigenvalue weighted by Gasteiger charge is -1.88. The van der Waals surface area contributed by atoms with Gasteiger partial charge in [0.2, 0.25) is 5.75 Å². The largest absolute Gasteiger partial charge is 0.501 e.